The van der Waals surface area contributed by atoms with Gasteiger partial charge in [-0.05, 0) is 43.4 Å². The number of hydrogen-bond donors (Lipinski definition) is 1. The number of fused-ring (bicyclic) bond motifs is 1. The topological polar surface area (TPSA) is 89.0 Å². The van der Waals surface area contributed by atoms with E-state index in [1.165, 1.54) is 6.07 Å². The largest absolute Gasteiger partial charge is 0.394 e. The third-order valence-corrected chi connectivity index (χ3v) is 7.13. The van der Waals surface area contributed by atoms with E-state index in [0.29, 0.717) is 40.9 Å². The summed E-state index contributed by atoms with van der Waals surface area (Å²) in [6, 6.07) is 4.03. The van der Waals surface area contributed by atoms with Crippen LogP contribution in [-0.4, -0.2) is 61.7 Å². The summed E-state index contributed by atoms with van der Waals surface area (Å²) in [5.74, 6) is -0.142. The van der Waals surface area contributed by atoms with Gasteiger partial charge in [-0.2, -0.15) is 0 Å². The van der Waals surface area contributed by atoms with E-state index in [-0.39, 0.29) is 24.8 Å². The first-order valence-corrected chi connectivity index (χ1v) is 12.3. The molecule has 11 heteroatoms. The predicted octanol–water partition coefficient (Wildman–Crippen LogP) is 3.67. The van der Waals surface area contributed by atoms with Gasteiger partial charge in [-0.25, -0.2) is 23.4 Å². The fourth-order valence-electron chi connectivity index (χ4n) is 4.39. The first-order valence-electron chi connectivity index (χ1n) is 11.3. The van der Waals surface area contributed by atoms with Gasteiger partial charge in [0.2, 0.25) is 0 Å². The Hall–Kier alpha value is -2.37. The van der Waals surface area contributed by atoms with E-state index >= 15 is 0 Å². The van der Waals surface area contributed by atoms with Crippen molar-refractivity contribution in [1.82, 2.24) is 25.0 Å². The fourth-order valence-corrected chi connectivity index (χ4v) is 5.08. The maximum Gasteiger partial charge on any atom is 0.191 e. The van der Waals surface area contributed by atoms with Gasteiger partial charge < -0.3 is 14.7 Å². The smallest absolute Gasteiger partial charge is 0.191 e. The molecule has 1 aromatic carbocycles. The molecule has 2 aliphatic rings. The SMILES string of the molecule is CCCSc1nc(N2C[C@H]2c2ccc(F)c(F)c2)c2nnn([C@H]3CC[C@@H](OCCO)C3)c2n1. The normalized spacial score (nSPS) is 22.4. The number of nitrogens with zero attached hydrogens (tertiary/aromatic N) is 6. The maximum atomic E-state index is 13.8. The van der Waals surface area contributed by atoms with Crippen molar-refractivity contribution in [2.45, 2.75) is 56.0 Å². The molecule has 1 aliphatic carbocycles. The second-order valence-electron chi connectivity index (χ2n) is 8.41. The van der Waals surface area contributed by atoms with E-state index in [9.17, 15) is 8.78 Å². The molecular weight excluding hydrogens is 450 g/mol. The maximum absolute atomic E-state index is 13.8. The minimum absolute atomic E-state index is 0.0109. The summed E-state index contributed by atoms with van der Waals surface area (Å²) in [5, 5.41) is 18.5. The molecule has 0 radical (unpaired) electrons. The monoisotopic (exact) mass is 476 g/mol. The van der Waals surface area contributed by atoms with Crippen LogP contribution in [0.15, 0.2) is 23.4 Å². The van der Waals surface area contributed by atoms with Crippen molar-refractivity contribution in [3.8, 4) is 0 Å². The van der Waals surface area contributed by atoms with Crippen LogP contribution < -0.4 is 4.90 Å². The van der Waals surface area contributed by atoms with E-state index in [2.05, 4.69) is 17.2 Å². The lowest BCUT2D eigenvalue weighted by Crippen LogP contribution is -2.14. The van der Waals surface area contributed by atoms with E-state index in [1.807, 2.05) is 9.58 Å². The zero-order valence-corrected chi connectivity index (χ0v) is 19.1. The van der Waals surface area contributed by atoms with Crippen molar-refractivity contribution >= 4 is 28.7 Å². The molecule has 1 aliphatic heterocycles. The molecule has 3 heterocycles. The number of halogens is 2. The highest BCUT2D eigenvalue weighted by molar-refractivity contribution is 7.99. The number of rotatable bonds is 9. The zero-order valence-electron chi connectivity index (χ0n) is 18.3. The molecule has 0 bridgehead atoms. The molecule has 0 spiro atoms. The van der Waals surface area contributed by atoms with Crippen LogP contribution >= 0.6 is 11.8 Å². The van der Waals surface area contributed by atoms with E-state index in [4.69, 9.17) is 19.8 Å². The van der Waals surface area contributed by atoms with Crippen LogP contribution in [-0.2, 0) is 4.74 Å². The molecule has 8 nitrogen and oxygen atoms in total. The quantitative estimate of drug-likeness (QED) is 0.284. The number of aliphatic hydroxyl groups excluding tert-OH is 1. The van der Waals surface area contributed by atoms with Crippen LogP contribution in [0.3, 0.4) is 0 Å². The molecule has 176 valence electrons. The lowest BCUT2D eigenvalue weighted by Gasteiger charge is -2.13. The lowest BCUT2D eigenvalue weighted by molar-refractivity contribution is 0.0309. The van der Waals surface area contributed by atoms with Crippen LogP contribution in [0.5, 0.6) is 0 Å². The van der Waals surface area contributed by atoms with Gasteiger partial charge in [-0.3, -0.25) is 0 Å². The molecule has 1 N–H and O–H groups in total. The van der Waals surface area contributed by atoms with Gasteiger partial charge in [0.05, 0.1) is 31.4 Å². The molecule has 3 aromatic rings. The summed E-state index contributed by atoms with van der Waals surface area (Å²) in [6.45, 7) is 3.09. The van der Waals surface area contributed by atoms with Crippen LogP contribution in [0.4, 0.5) is 14.6 Å². The van der Waals surface area contributed by atoms with Gasteiger partial charge in [0.15, 0.2) is 33.8 Å². The molecule has 0 amide bonds. The van der Waals surface area contributed by atoms with Gasteiger partial charge >= 0.3 is 0 Å². The number of thioether (sulfide) groups is 1. The predicted molar refractivity (Wildman–Crippen MR) is 120 cm³/mol. The molecule has 33 heavy (non-hydrogen) atoms. The molecule has 2 aromatic heterocycles. The van der Waals surface area contributed by atoms with Crippen molar-refractivity contribution < 1.29 is 18.6 Å². The summed E-state index contributed by atoms with van der Waals surface area (Å²) in [7, 11) is 0. The fraction of sp³-hybridized carbons (Fsp3) is 0.545. The van der Waals surface area contributed by atoms with E-state index in [0.717, 1.165) is 37.5 Å². The first kappa shape index (κ1) is 22.4. The standard InChI is InChI=1S/C22H26F2N6O2S/c1-2-9-33-22-25-20(29-12-18(29)13-3-6-16(23)17(24)10-13)19-21(26-22)30(28-27-19)14-4-5-15(11-14)32-8-7-31/h3,6,10,14-15,18,31H,2,4-5,7-9,11-12H2,1H3/t14-,15+,18-,29?/m0/s1. The Bertz CT molecular complexity index is 1150. The molecule has 3 atom stereocenters. The van der Waals surface area contributed by atoms with Gasteiger partial charge in [-0.1, -0.05) is 30.0 Å². The molecule has 2 fully saturated rings. The molecule has 1 saturated carbocycles. The van der Waals surface area contributed by atoms with Gasteiger partial charge in [0.25, 0.3) is 0 Å². The third-order valence-electron chi connectivity index (χ3n) is 6.08. The Kier molecular flexibility index (Phi) is 6.44. The lowest BCUT2D eigenvalue weighted by atomic mass is 10.1. The third kappa shape index (κ3) is 4.53. The summed E-state index contributed by atoms with van der Waals surface area (Å²) >= 11 is 1.58. The van der Waals surface area contributed by atoms with Crippen LogP contribution in [0.25, 0.3) is 11.2 Å². The highest BCUT2D eigenvalue weighted by Crippen LogP contribution is 2.43. The van der Waals surface area contributed by atoms with Gasteiger partial charge in [0, 0.05) is 12.3 Å². The Morgan fingerprint density at radius 2 is 2.09 bits per heavy atom. The second-order valence-corrected chi connectivity index (χ2v) is 9.47. The minimum Gasteiger partial charge on any atom is -0.394 e. The number of aromatic nitrogens is 5. The van der Waals surface area contributed by atoms with Crippen LogP contribution in [0.2, 0.25) is 0 Å². The Balaban J connectivity index is 1.45. The van der Waals surface area contributed by atoms with E-state index in [1.54, 1.807) is 17.8 Å². The number of ether oxygens (including phenoxy) is 1. The summed E-state index contributed by atoms with van der Waals surface area (Å²) in [4.78, 5) is 11.5. The summed E-state index contributed by atoms with van der Waals surface area (Å²) in [5.41, 5.74) is 2.00. The van der Waals surface area contributed by atoms with Crippen molar-refractivity contribution in [2.75, 3.05) is 30.4 Å². The van der Waals surface area contributed by atoms with Gasteiger partial charge in [0.1, 0.15) is 0 Å². The minimum atomic E-state index is -0.852. The Morgan fingerprint density at radius 1 is 1.21 bits per heavy atom. The number of hydrogen-bond acceptors (Lipinski definition) is 8. The van der Waals surface area contributed by atoms with Crippen LogP contribution in [0, 0.1) is 11.6 Å². The first-order chi connectivity index (χ1) is 16.1. The molecule has 0 unspecified atom stereocenters. The molecule has 1 saturated heterocycles. The Labute approximate surface area is 194 Å². The van der Waals surface area contributed by atoms with E-state index < -0.39 is 11.6 Å². The molecular formula is C22H26F2N6O2S. The van der Waals surface area contributed by atoms with Crippen molar-refractivity contribution in [1.29, 1.82) is 0 Å². The highest BCUT2D eigenvalue weighted by Gasteiger charge is 2.40. The van der Waals surface area contributed by atoms with Crippen molar-refractivity contribution in [3.05, 3.63) is 35.4 Å². The number of anilines is 1. The van der Waals surface area contributed by atoms with Gasteiger partial charge in [-0.15, -0.1) is 5.10 Å². The average Bonchev–Trinajstić information content (AvgIpc) is 3.27. The molecule has 5 rings (SSSR count). The van der Waals surface area contributed by atoms with Crippen molar-refractivity contribution in [3.63, 3.8) is 0 Å². The average molecular weight is 477 g/mol. The Morgan fingerprint density at radius 3 is 2.88 bits per heavy atom. The van der Waals surface area contributed by atoms with Crippen LogP contribution in [0.1, 0.15) is 50.3 Å². The summed E-state index contributed by atoms with van der Waals surface area (Å²) in [6.07, 6.45) is 3.66. The zero-order chi connectivity index (χ0) is 22.9. The summed E-state index contributed by atoms with van der Waals surface area (Å²) < 4.78 is 34.7. The second kappa shape index (κ2) is 9.47. The number of benzene rings is 1. The van der Waals surface area contributed by atoms with Crippen molar-refractivity contribution in [2.24, 2.45) is 0 Å². The highest BCUT2D eigenvalue weighted by atomic mass is 32.2. The number of aliphatic hydroxyl groups is 1.